The van der Waals surface area contributed by atoms with Gasteiger partial charge in [-0.3, -0.25) is 14.4 Å². The Morgan fingerprint density at radius 2 is 1.65 bits per heavy atom. The number of nitrogens with one attached hydrogen (secondary N) is 1. The number of alkyl carbamates (subject to hydrolysis) is 1. The molecule has 1 aromatic heterocycles. The van der Waals surface area contributed by atoms with Crippen molar-refractivity contribution in [3.05, 3.63) is 69.4 Å². The summed E-state index contributed by atoms with van der Waals surface area (Å²) in [4.78, 5) is 84.8. The number of esters is 4. The van der Waals surface area contributed by atoms with Gasteiger partial charge in [-0.1, -0.05) is 51.0 Å². The molecule has 342 valence electrons. The van der Waals surface area contributed by atoms with Gasteiger partial charge < -0.3 is 49.1 Å². The Labute approximate surface area is 369 Å². The van der Waals surface area contributed by atoms with Gasteiger partial charge in [0.25, 0.3) is 0 Å². The lowest BCUT2D eigenvalue weighted by molar-refractivity contribution is -0.346. The van der Waals surface area contributed by atoms with Crippen LogP contribution in [0.2, 0.25) is 0 Å². The molecule has 4 aliphatic carbocycles. The van der Waals surface area contributed by atoms with E-state index in [0.29, 0.717) is 17.7 Å². The highest BCUT2D eigenvalue weighted by Crippen LogP contribution is 2.64. The minimum atomic E-state index is -2.39. The maximum Gasteiger partial charge on any atom is 0.408 e. The number of thiophene rings is 1. The number of aliphatic hydroxyl groups excluding tert-OH is 2. The van der Waals surface area contributed by atoms with Crippen LogP contribution in [0.5, 0.6) is 0 Å². The van der Waals surface area contributed by atoms with E-state index in [9.17, 15) is 39.3 Å². The Morgan fingerprint density at radius 1 is 0.968 bits per heavy atom. The van der Waals surface area contributed by atoms with E-state index in [2.05, 4.69) is 5.32 Å². The predicted octanol–water partition coefficient (Wildman–Crippen LogP) is 4.67. The van der Waals surface area contributed by atoms with Crippen molar-refractivity contribution in [1.29, 1.82) is 0 Å². The molecular formula is C46H57NO15S. The zero-order valence-corrected chi connectivity index (χ0v) is 37.3. The number of hydrogen-bond acceptors (Lipinski definition) is 16. The minimum Gasteiger partial charge on any atom is -0.456 e. The van der Waals surface area contributed by atoms with Crippen LogP contribution in [0.25, 0.3) is 0 Å². The minimum absolute atomic E-state index is 0.0366. The molecule has 1 saturated heterocycles. The predicted molar refractivity (Wildman–Crippen MR) is 223 cm³/mol. The Hall–Kier alpha value is -4.68. The van der Waals surface area contributed by atoms with Gasteiger partial charge in [0.05, 0.1) is 41.6 Å². The molecule has 2 aromatic rings. The van der Waals surface area contributed by atoms with E-state index in [1.807, 2.05) is 0 Å². The molecule has 2 bridgehead atoms. The van der Waals surface area contributed by atoms with Crippen LogP contribution in [0, 0.1) is 22.7 Å². The van der Waals surface area contributed by atoms with Crippen molar-refractivity contribution in [2.75, 3.05) is 6.61 Å². The van der Waals surface area contributed by atoms with E-state index >= 15 is 4.79 Å². The summed E-state index contributed by atoms with van der Waals surface area (Å²) in [5.41, 5.74) is -7.55. The molecule has 2 heterocycles. The summed E-state index contributed by atoms with van der Waals surface area (Å²) in [6.07, 6.45) is -9.30. The van der Waals surface area contributed by atoms with Gasteiger partial charge in [-0.05, 0) is 75.3 Å². The van der Waals surface area contributed by atoms with Crippen LogP contribution < -0.4 is 5.32 Å². The SMILES string of the molecule is CC(=O)O[C@@]12COC1CC(O)[C@@]1(C)C(=O)C(OC(=O)C3CCCC3)C3=C(C)C(OC(=O)C(O)C(NC(=O)OC(C)C)c4cccs4)C[C@@](O)(C(OC(=O)c4ccccc4)C21)C3(C)C. The number of Topliss-reactive ketones (excluding diaryl/α,β-unsaturated/α-hetero) is 1. The van der Waals surface area contributed by atoms with E-state index in [-0.39, 0.29) is 29.7 Å². The van der Waals surface area contributed by atoms with Crippen molar-refractivity contribution in [3.8, 4) is 0 Å². The van der Waals surface area contributed by atoms with Gasteiger partial charge in [-0.2, -0.15) is 0 Å². The topological polar surface area (TPSA) is 231 Å². The summed E-state index contributed by atoms with van der Waals surface area (Å²) in [7, 11) is 0. The van der Waals surface area contributed by atoms with E-state index in [4.69, 9.17) is 28.4 Å². The second kappa shape index (κ2) is 17.4. The second-order valence-electron chi connectivity index (χ2n) is 18.5. The first kappa shape index (κ1) is 46.3. The van der Waals surface area contributed by atoms with Gasteiger partial charge in [-0.25, -0.2) is 14.4 Å². The summed E-state index contributed by atoms with van der Waals surface area (Å²) in [5, 5.41) is 41.9. The molecule has 17 heteroatoms. The lowest BCUT2D eigenvalue weighted by Crippen LogP contribution is -2.82. The summed E-state index contributed by atoms with van der Waals surface area (Å²) < 4.78 is 36.1. The van der Waals surface area contributed by atoms with Crippen LogP contribution in [0.3, 0.4) is 0 Å². The molecule has 0 spiro atoms. The first-order valence-corrected chi connectivity index (χ1v) is 22.4. The van der Waals surface area contributed by atoms with Crippen molar-refractivity contribution < 1.29 is 72.5 Å². The number of rotatable bonds is 11. The number of benzene rings is 1. The fourth-order valence-electron chi connectivity index (χ4n) is 10.7. The Kier molecular flexibility index (Phi) is 12.8. The molecule has 8 unspecified atom stereocenters. The van der Waals surface area contributed by atoms with E-state index in [0.717, 1.165) is 24.2 Å². The van der Waals surface area contributed by atoms with Gasteiger partial charge in [0.2, 0.25) is 0 Å². The van der Waals surface area contributed by atoms with Gasteiger partial charge in [0, 0.05) is 30.1 Å². The first-order valence-electron chi connectivity index (χ1n) is 21.5. The Morgan fingerprint density at radius 3 is 2.24 bits per heavy atom. The Bertz CT molecular complexity index is 2130. The number of hydrogen-bond donors (Lipinski definition) is 4. The van der Waals surface area contributed by atoms with Gasteiger partial charge in [-0.15, -0.1) is 11.3 Å². The smallest absolute Gasteiger partial charge is 0.408 e. The van der Waals surface area contributed by atoms with Crippen LogP contribution in [0.1, 0.15) is 108 Å². The highest BCUT2D eigenvalue weighted by Gasteiger charge is 2.78. The molecule has 3 saturated carbocycles. The van der Waals surface area contributed by atoms with E-state index < -0.39 is 125 Å². The van der Waals surface area contributed by atoms with Gasteiger partial charge >= 0.3 is 30.0 Å². The molecule has 1 aromatic carbocycles. The number of ether oxygens (including phenoxy) is 6. The van der Waals surface area contributed by atoms with Crippen LogP contribution >= 0.6 is 11.3 Å². The molecule has 4 N–H and O–H groups in total. The summed E-state index contributed by atoms with van der Waals surface area (Å²) in [5.74, 6) is -6.50. The van der Waals surface area contributed by atoms with Crippen molar-refractivity contribution >= 4 is 47.1 Å². The number of carbonyl (C=O) groups excluding carboxylic acids is 6. The monoisotopic (exact) mass is 895 g/mol. The van der Waals surface area contributed by atoms with Crippen LogP contribution in [-0.2, 0) is 47.6 Å². The lowest BCUT2D eigenvalue weighted by atomic mass is 9.44. The molecule has 5 aliphatic rings. The zero-order chi connectivity index (χ0) is 45.8. The zero-order valence-electron chi connectivity index (χ0n) is 36.5. The average molecular weight is 896 g/mol. The van der Waals surface area contributed by atoms with Crippen molar-refractivity contribution in [3.63, 3.8) is 0 Å². The lowest BCUT2D eigenvalue weighted by Gasteiger charge is -2.67. The van der Waals surface area contributed by atoms with Crippen LogP contribution in [0.4, 0.5) is 4.79 Å². The first-order chi connectivity index (χ1) is 29.7. The molecule has 16 nitrogen and oxygen atoms in total. The Balaban J connectivity index is 1.41. The van der Waals surface area contributed by atoms with Crippen molar-refractivity contribution in [2.45, 2.75) is 147 Å². The standard InChI is InChI=1S/C46H57NO15S/c1-23(2)58-42(55)47-33(29-18-13-19-63-29)34(50)41(54)59-28-21-46(56)38(61-40(53)27-14-9-8-10-15-27)36-44(7,30(49)20-31-45(36,22-57-31)62-25(4)48)37(51)35(32(24(28)3)43(46,5)6)60-39(52)26-16-11-12-17-26/h8-10,13-15,18-19,23,26,28,30-31,33-36,38,49-50,56H,11-12,16-17,20-22H2,1-7H3,(H,47,55)/t28?,30?,31?,33?,34?,35?,36?,38?,44-,45+,46-/m1/s1. The molecule has 63 heavy (non-hydrogen) atoms. The van der Waals surface area contributed by atoms with Crippen LogP contribution in [-0.4, -0.2) is 112 Å². The molecule has 4 fully saturated rings. The number of ketones is 1. The van der Waals surface area contributed by atoms with Gasteiger partial charge in [0.1, 0.15) is 30.0 Å². The second-order valence-corrected chi connectivity index (χ2v) is 19.5. The highest BCUT2D eigenvalue weighted by molar-refractivity contribution is 7.10. The summed E-state index contributed by atoms with van der Waals surface area (Å²) >= 11 is 1.15. The normalized spacial score (nSPS) is 33.3. The third kappa shape index (κ3) is 7.97. The number of aliphatic hydroxyl groups is 3. The average Bonchev–Trinajstić information content (AvgIpc) is 3.97. The number of amides is 1. The van der Waals surface area contributed by atoms with Crippen LogP contribution in [0.15, 0.2) is 59.0 Å². The molecule has 1 amide bonds. The largest absolute Gasteiger partial charge is 0.456 e. The van der Waals surface area contributed by atoms with E-state index in [1.54, 1.807) is 70.3 Å². The maximum atomic E-state index is 15.8. The van der Waals surface area contributed by atoms with Crippen molar-refractivity contribution in [2.24, 2.45) is 22.7 Å². The number of fused-ring (bicyclic) bond motifs is 5. The highest BCUT2D eigenvalue weighted by atomic mass is 32.1. The molecular weight excluding hydrogens is 839 g/mol. The molecule has 7 rings (SSSR count). The number of carbonyl (C=O) groups is 6. The quantitative estimate of drug-likeness (QED) is 0.136. The maximum absolute atomic E-state index is 15.8. The third-order valence-electron chi connectivity index (χ3n) is 14.1. The molecule has 0 radical (unpaired) electrons. The summed E-state index contributed by atoms with van der Waals surface area (Å²) in [6.45, 7) is 10.3. The molecule has 1 aliphatic heterocycles. The fourth-order valence-corrected chi connectivity index (χ4v) is 11.5. The van der Waals surface area contributed by atoms with Gasteiger partial charge in [0.15, 0.2) is 23.6 Å². The molecule has 11 atom stereocenters. The third-order valence-corrected chi connectivity index (χ3v) is 15.1. The van der Waals surface area contributed by atoms with E-state index in [1.165, 1.54) is 26.0 Å². The fraction of sp³-hybridized carbons (Fsp3) is 0.609. The summed E-state index contributed by atoms with van der Waals surface area (Å²) in [6, 6.07) is 9.82. The van der Waals surface area contributed by atoms with Crippen molar-refractivity contribution in [1.82, 2.24) is 5.32 Å².